The van der Waals surface area contributed by atoms with Crippen LogP contribution in [0.25, 0.3) is 0 Å². The number of hydrogen-bond donors (Lipinski definition) is 1. The zero-order valence-corrected chi connectivity index (χ0v) is 22.5. The van der Waals surface area contributed by atoms with Crippen molar-refractivity contribution < 1.29 is 17.9 Å². The highest BCUT2D eigenvalue weighted by molar-refractivity contribution is 7.92. The summed E-state index contributed by atoms with van der Waals surface area (Å²) in [5.74, 6) is 1.18. The van der Waals surface area contributed by atoms with Crippen molar-refractivity contribution in [3.05, 3.63) is 69.6 Å². The first kappa shape index (κ1) is 26.8. The highest BCUT2D eigenvalue weighted by Crippen LogP contribution is 2.32. The van der Waals surface area contributed by atoms with E-state index in [-0.39, 0.29) is 33.1 Å². The number of hydrogen-bond acceptors (Lipinski definition) is 7. The Labute approximate surface area is 225 Å². The van der Waals surface area contributed by atoms with E-state index in [2.05, 4.69) is 26.6 Å². The molecule has 0 unspecified atom stereocenters. The van der Waals surface area contributed by atoms with E-state index in [1.807, 2.05) is 12.1 Å². The lowest BCUT2D eigenvalue weighted by Crippen LogP contribution is -2.32. The lowest BCUT2D eigenvalue weighted by Gasteiger charge is -2.28. The zero-order valence-electron chi connectivity index (χ0n) is 19.5. The Hall–Kier alpha value is -2.30. The minimum Gasteiger partial charge on any atom is -0.492 e. The Balaban J connectivity index is 1.43. The van der Waals surface area contributed by atoms with Crippen LogP contribution < -0.4 is 14.2 Å². The Morgan fingerprint density at radius 3 is 2.61 bits per heavy atom. The molecule has 1 fully saturated rings. The molecular formula is C24H25Cl3N4O4S. The van der Waals surface area contributed by atoms with Crippen molar-refractivity contribution in [3.8, 4) is 11.5 Å². The first-order valence-corrected chi connectivity index (χ1v) is 13.8. The van der Waals surface area contributed by atoms with Crippen LogP contribution in [0.5, 0.6) is 11.5 Å². The van der Waals surface area contributed by atoms with Crippen molar-refractivity contribution in [2.45, 2.75) is 24.3 Å². The van der Waals surface area contributed by atoms with E-state index in [0.29, 0.717) is 23.3 Å². The van der Waals surface area contributed by atoms with Crippen molar-refractivity contribution in [3.63, 3.8) is 0 Å². The summed E-state index contributed by atoms with van der Waals surface area (Å²) in [6.07, 6.45) is 4.76. The van der Waals surface area contributed by atoms with Crippen LogP contribution in [0.1, 0.15) is 18.4 Å². The van der Waals surface area contributed by atoms with E-state index in [9.17, 15) is 8.42 Å². The average molecular weight is 572 g/mol. The van der Waals surface area contributed by atoms with Gasteiger partial charge in [-0.15, -0.1) is 0 Å². The smallest absolute Gasteiger partial charge is 0.264 e. The Morgan fingerprint density at radius 2 is 1.83 bits per heavy atom. The molecule has 0 atom stereocenters. The van der Waals surface area contributed by atoms with Crippen LogP contribution in [-0.4, -0.2) is 50.0 Å². The lowest BCUT2D eigenvalue weighted by atomic mass is 9.98. The fourth-order valence-corrected chi connectivity index (χ4v) is 5.67. The highest BCUT2D eigenvalue weighted by Gasteiger charge is 2.22. The van der Waals surface area contributed by atoms with E-state index in [1.165, 1.54) is 30.7 Å². The first-order chi connectivity index (χ1) is 17.2. The van der Waals surface area contributed by atoms with Gasteiger partial charge in [0.1, 0.15) is 23.6 Å². The van der Waals surface area contributed by atoms with E-state index in [0.717, 1.165) is 31.5 Å². The molecule has 8 nitrogen and oxygen atoms in total. The number of nitrogens with one attached hydrogen (secondary N) is 1. The maximum absolute atomic E-state index is 12.9. The number of piperidine rings is 1. The summed E-state index contributed by atoms with van der Waals surface area (Å²) >= 11 is 18.4. The summed E-state index contributed by atoms with van der Waals surface area (Å²) in [7, 11) is -1.96. The zero-order chi connectivity index (χ0) is 25.7. The fourth-order valence-electron chi connectivity index (χ4n) is 3.72. The van der Waals surface area contributed by atoms with Crippen LogP contribution in [0.15, 0.2) is 53.8 Å². The quantitative estimate of drug-likeness (QED) is 0.361. The van der Waals surface area contributed by atoms with E-state index in [1.54, 1.807) is 6.07 Å². The van der Waals surface area contributed by atoms with Gasteiger partial charge in [-0.1, -0.05) is 46.9 Å². The van der Waals surface area contributed by atoms with Crippen molar-refractivity contribution in [1.29, 1.82) is 0 Å². The second-order valence-electron chi connectivity index (χ2n) is 8.50. The van der Waals surface area contributed by atoms with Gasteiger partial charge in [0.15, 0.2) is 11.6 Å². The third-order valence-electron chi connectivity index (χ3n) is 5.82. The van der Waals surface area contributed by atoms with Crippen LogP contribution in [-0.2, 0) is 16.6 Å². The second kappa shape index (κ2) is 11.8. The number of rotatable bonds is 9. The number of likely N-dealkylation sites (tertiary alicyclic amines) is 1. The summed E-state index contributed by atoms with van der Waals surface area (Å²) in [5, 5.41) is 0.550. The molecule has 2 heterocycles. The van der Waals surface area contributed by atoms with Gasteiger partial charge in [-0.05, 0) is 68.7 Å². The van der Waals surface area contributed by atoms with Gasteiger partial charge >= 0.3 is 0 Å². The summed E-state index contributed by atoms with van der Waals surface area (Å²) in [4.78, 5) is 10.1. The molecule has 1 aliphatic heterocycles. The number of nitrogens with zero attached hydrogens (tertiary/aromatic N) is 3. The fraction of sp³-hybridized carbons (Fsp3) is 0.333. The van der Waals surface area contributed by atoms with E-state index in [4.69, 9.17) is 44.3 Å². The minimum atomic E-state index is -4.08. The average Bonchev–Trinajstić information content (AvgIpc) is 2.86. The minimum absolute atomic E-state index is 0.0336. The number of aromatic nitrogens is 2. The molecule has 0 spiro atoms. The number of sulfonamides is 1. The monoisotopic (exact) mass is 570 g/mol. The molecule has 2 aromatic carbocycles. The lowest BCUT2D eigenvalue weighted by molar-refractivity contribution is 0.160. The third kappa shape index (κ3) is 6.72. The van der Waals surface area contributed by atoms with Crippen molar-refractivity contribution in [1.82, 2.24) is 14.9 Å². The SMILES string of the molecule is CN1CCC(COc2cc(COc3cncnc3NS(=O)(=O)c3cccc(Cl)c3Cl)ccc2Cl)CC1. The third-order valence-corrected chi connectivity index (χ3v) is 8.44. The standard InChI is InChI=1S/C24H25Cl3N4O4S/c1-31-9-7-16(8-10-31)13-34-20-11-17(5-6-18(20)25)14-35-21-12-28-15-29-24(21)30-36(32,33)22-4-2-3-19(26)23(22)27/h2-6,11-12,15-16H,7-10,13-14H2,1H3,(H,28,29,30). The normalized spacial score (nSPS) is 15.0. The van der Waals surface area contributed by atoms with E-state index >= 15 is 0 Å². The maximum atomic E-state index is 12.9. The molecule has 0 radical (unpaired) electrons. The van der Waals surface area contributed by atoms with Gasteiger partial charge in [0.05, 0.1) is 27.9 Å². The van der Waals surface area contributed by atoms with Crippen LogP contribution in [0, 0.1) is 5.92 Å². The van der Waals surface area contributed by atoms with Crippen molar-refractivity contribution in [2.75, 3.05) is 31.5 Å². The number of anilines is 1. The molecule has 36 heavy (non-hydrogen) atoms. The summed E-state index contributed by atoms with van der Waals surface area (Å²) in [5.41, 5.74) is 0.785. The molecule has 192 valence electrons. The summed E-state index contributed by atoms with van der Waals surface area (Å²) in [6, 6.07) is 9.71. The van der Waals surface area contributed by atoms with Crippen molar-refractivity contribution in [2.24, 2.45) is 5.92 Å². The predicted octanol–water partition coefficient (Wildman–Crippen LogP) is 5.54. The Bertz CT molecular complexity index is 1320. The van der Waals surface area contributed by atoms with Crippen molar-refractivity contribution >= 4 is 50.6 Å². The molecule has 0 amide bonds. The molecule has 1 aromatic heterocycles. The second-order valence-corrected chi connectivity index (χ2v) is 11.3. The van der Waals surface area contributed by atoms with Gasteiger partial charge in [-0.3, -0.25) is 4.72 Å². The molecule has 0 bridgehead atoms. The van der Waals surface area contributed by atoms with Crippen LogP contribution in [0.4, 0.5) is 5.82 Å². The Kier molecular flexibility index (Phi) is 8.79. The molecular weight excluding hydrogens is 547 g/mol. The largest absolute Gasteiger partial charge is 0.492 e. The summed E-state index contributed by atoms with van der Waals surface area (Å²) < 4.78 is 40.1. The topological polar surface area (TPSA) is 93.7 Å². The molecule has 1 aliphatic rings. The molecule has 0 aliphatic carbocycles. The van der Waals surface area contributed by atoms with E-state index < -0.39 is 10.0 Å². The molecule has 3 aromatic rings. The van der Waals surface area contributed by atoms with Crippen LogP contribution in [0.2, 0.25) is 15.1 Å². The predicted molar refractivity (Wildman–Crippen MR) is 141 cm³/mol. The summed E-state index contributed by atoms with van der Waals surface area (Å²) in [6.45, 7) is 2.83. The molecule has 1 N–H and O–H groups in total. The Morgan fingerprint density at radius 1 is 1.06 bits per heavy atom. The van der Waals surface area contributed by atoms with Gasteiger partial charge in [-0.25, -0.2) is 18.4 Å². The molecule has 4 rings (SSSR count). The van der Waals surface area contributed by atoms with Gasteiger partial charge < -0.3 is 14.4 Å². The van der Waals surface area contributed by atoms with Gasteiger partial charge in [0.2, 0.25) is 0 Å². The molecule has 12 heteroatoms. The molecule has 0 saturated carbocycles. The van der Waals surface area contributed by atoms with Gasteiger partial charge in [0.25, 0.3) is 10.0 Å². The first-order valence-electron chi connectivity index (χ1n) is 11.2. The van der Waals surface area contributed by atoms with Crippen LogP contribution >= 0.6 is 34.8 Å². The van der Waals surface area contributed by atoms with Crippen LogP contribution in [0.3, 0.4) is 0 Å². The number of ether oxygens (including phenoxy) is 2. The van der Waals surface area contributed by atoms with Gasteiger partial charge in [0, 0.05) is 0 Å². The van der Waals surface area contributed by atoms with Gasteiger partial charge in [-0.2, -0.15) is 0 Å². The number of benzene rings is 2. The highest BCUT2D eigenvalue weighted by atomic mass is 35.5. The number of halogens is 3. The molecule has 1 saturated heterocycles. The maximum Gasteiger partial charge on any atom is 0.264 e.